The second-order valence-corrected chi connectivity index (χ2v) is 12.5. The molecule has 0 unspecified atom stereocenters. The minimum atomic E-state index is 0.654. The number of para-hydroxylation sites is 4. The third-order valence-corrected chi connectivity index (χ3v) is 9.48. The number of rotatable bonds is 4. The highest BCUT2D eigenvalue weighted by Crippen LogP contribution is 2.33. The van der Waals surface area contributed by atoms with E-state index < -0.39 is 0 Å². The van der Waals surface area contributed by atoms with E-state index in [1.807, 2.05) is 158 Å². The van der Waals surface area contributed by atoms with Crippen molar-refractivity contribution in [2.45, 2.75) is 96.9 Å². The fourth-order valence-corrected chi connectivity index (χ4v) is 7.02. The summed E-state index contributed by atoms with van der Waals surface area (Å²) in [7, 11) is 2.12. The van der Waals surface area contributed by atoms with Crippen LogP contribution in [-0.2, 0) is 7.05 Å². The third kappa shape index (κ3) is 13.1. The van der Waals surface area contributed by atoms with Gasteiger partial charge in [-0.15, -0.1) is 0 Å². The highest BCUT2D eigenvalue weighted by atomic mass is 15.0. The normalized spacial score (nSPS) is 9.46. The topological polar surface area (TPSA) is 48.5 Å². The van der Waals surface area contributed by atoms with Gasteiger partial charge in [-0.2, -0.15) is 0 Å². The predicted octanol–water partition coefficient (Wildman–Crippen LogP) is 18.5. The number of aromatic nitrogens is 5. The first-order chi connectivity index (χ1) is 32.2. The van der Waals surface area contributed by atoms with Crippen molar-refractivity contribution < 1.29 is 0 Å². The summed E-state index contributed by atoms with van der Waals surface area (Å²) >= 11 is 0. The first-order valence-corrected chi connectivity index (χ1v) is 24.1. The van der Waals surface area contributed by atoms with Crippen LogP contribution in [0.15, 0.2) is 182 Å². The van der Waals surface area contributed by atoms with E-state index in [2.05, 4.69) is 138 Å². The molecule has 7 aromatic carbocycles. The van der Waals surface area contributed by atoms with E-state index in [-0.39, 0.29) is 0 Å². The Labute approximate surface area is 391 Å². The van der Waals surface area contributed by atoms with Crippen LogP contribution >= 0.6 is 0 Å². The number of hydrogen-bond acceptors (Lipinski definition) is 3. The second-order valence-electron chi connectivity index (χ2n) is 12.5. The third-order valence-electron chi connectivity index (χ3n) is 9.48. The zero-order chi connectivity index (χ0) is 48.1. The molecule has 0 atom stereocenters. The smallest absolute Gasteiger partial charge is 0.164 e. The molecule has 5 heteroatoms. The maximum Gasteiger partial charge on any atom is 0.164 e. The van der Waals surface area contributed by atoms with Crippen molar-refractivity contribution in [1.29, 1.82) is 0 Å². The number of aryl methyl sites for hydroxylation is 1. The van der Waals surface area contributed by atoms with Crippen LogP contribution in [0.3, 0.4) is 0 Å². The van der Waals surface area contributed by atoms with E-state index in [4.69, 9.17) is 15.0 Å². The highest BCUT2D eigenvalue weighted by molar-refractivity contribution is 6.09. The van der Waals surface area contributed by atoms with Gasteiger partial charge in [0.05, 0.1) is 11.0 Å². The van der Waals surface area contributed by atoms with Gasteiger partial charge >= 0.3 is 0 Å². The summed E-state index contributed by atoms with van der Waals surface area (Å²) in [6, 6.07) is 62.7. The maximum atomic E-state index is 4.86. The average molecular weight is 866 g/mol. The van der Waals surface area contributed by atoms with Crippen LogP contribution in [0.5, 0.6) is 0 Å². The Bertz CT molecular complexity index is 2630. The Hall–Kier alpha value is -6.85. The number of nitrogens with zero attached hydrogens (tertiary/aromatic N) is 5. The van der Waals surface area contributed by atoms with Crippen LogP contribution in [0.1, 0.15) is 96.9 Å². The van der Waals surface area contributed by atoms with Gasteiger partial charge in [0.15, 0.2) is 17.5 Å². The molecular weight excluding hydrogens is 791 g/mol. The molecule has 0 aliphatic carbocycles. The van der Waals surface area contributed by atoms with E-state index >= 15 is 0 Å². The van der Waals surface area contributed by atoms with Crippen molar-refractivity contribution in [3.05, 3.63) is 182 Å². The lowest BCUT2D eigenvalue weighted by Gasteiger charge is -2.10. The summed E-state index contributed by atoms with van der Waals surface area (Å²) < 4.78 is 4.55. The minimum absolute atomic E-state index is 0.654. The van der Waals surface area contributed by atoms with Crippen molar-refractivity contribution >= 4 is 43.6 Å². The molecule has 5 nitrogen and oxygen atoms in total. The molecule has 0 aliphatic heterocycles. The molecule has 0 N–H and O–H groups in total. The van der Waals surface area contributed by atoms with Gasteiger partial charge < -0.3 is 9.13 Å². The minimum Gasteiger partial charge on any atom is -0.344 e. The van der Waals surface area contributed by atoms with Gasteiger partial charge in [-0.25, -0.2) is 15.0 Å². The molecule has 0 saturated heterocycles. The molecule has 10 rings (SSSR count). The molecule has 3 aromatic heterocycles. The fourth-order valence-electron chi connectivity index (χ4n) is 7.02. The summed E-state index contributed by atoms with van der Waals surface area (Å²) in [4.78, 5) is 14.5. The van der Waals surface area contributed by atoms with Crippen molar-refractivity contribution in [1.82, 2.24) is 24.1 Å². The molecule has 0 aliphatic rings. The summed E-state index contributed by atoms with van der Waals surface area (Å²) in [5.41, 5.74) is 8.95. The predicted molar refractivity (Wildman–Crippen MR) is 290 cm³/mol. The first kappa shape index (κ1) is 54.3. The molecule has 65 heavy (non-hydrogen) atoms. The van der Waals surface area contributed by atoms with E-state index in [9.17, 15) is 0 Å². The van der Waals surface area contributed by atoms with Gasteiger partial charge in [0.2, 0.25) is 0 Å². The SMILES string of the molecule is CC.CC.CC.CC.CC.CC.CC.Cn1c2ccccc2c2ccccc21.c1ccc(-c2nc(-c3ccccc3)nc(-c3ccc(-n4c5ccccc5c5ccccc54)cc3)n2)cc1. The van der Waals surface area contributed by atoms with E-state index in [1.54, 1.807) is 0 Å². The zero-order valence-corrected chi connectivity index (χ0v) is 42.1. The number of benzene rings is 7. The molecule has 0 amide bonds. The largest absolute Gasteiger partial charge is 0.344 e. The molecule has 0 spiro atoms. The van der Waals surface area contributed by atoms with Gasteiger partial charge in [-0.3, -0.25) is 0 Å². The van der Waals surface area contributed by atoms with Gasteiger partial charge in [0.25, 0.3) is 0 Å². The average Bonchev–Trinajstić information content (AvgIpc) is 3.92. The van der Waals surface area contributed by atoms with Crippen molar-refractivity contribution in [2.24, 2.45) is 7.05 Å². The monoisotopic (exact) mass is 866 g/mol. The molecular formula is C60H75N5. The first-order valence-electron chi connectivity index (χ1n) is 24.1. The second kappa shape index (κ2) is 30.3. The van der Waals surface area contributed by atoms with E-state index in [0.717, 1.165) is 22.4 Å². The van der Waals surface area contributed by atoms with E-state index in [1.165, 1.54) is 43.6 Å². The molecule has 0 radical (unpaired) electrons. The standard InChI is InChI=1S/C33H22N4.C13H11N.7C2H6/c1-3-11-23(12-4-1)31-34-32(24-13-5-2-6-14-24)36-33(35-31)25-19-21-26(22-20-25)37-29-17-9-7-15-27(29)28-16-8-10-18-30(28)37;1-14-12-8-4-2-6-10(12)11-7-3-5-9-13(11)14;7*1-2/h1-22H;2-9H,1H3;7*1-2H3. The lowest BCUT2D eigenvalue weighted by Crippen LogP contribution is -2.00. The van der Waals surface area contributed by atoms with Gasteiger partial charge in [-0.1, -0.05) is 230 Å². The Morgan fingerprint density at radius 2 is 0.508 bits per heavy atom. The van der Waals surface area contributed by atoms with Gasteiger partial charge in [-0.05, 0) is 48.5 Å². The highest BCUT2D eigenvalue weighted by Gasteiger charge is 2.14. The van der Waals surface area contributed by atoms with E-state index in [0.29, 0.717) is 17.5 Å². The lowest BCUT2D eigenvalue weighted by atomic mass is 10.1. The lowest BCUT2D eigenvalue weighted by molar-refractivity contribution is 1.01. The summed E-state index contributed by atoms with van der Waals surface area (Å²) in [5, 5.41) is 5.18. The Morgan fingerprint density at radius 3 is 0.831 bits per heavy atom. The van der Waals surface area contributed by atoms with Crippen LogP contribution < -0.4 is 0 Å². The fraction of sp³-hybridized carbons (Fsp3) is 0.250. The Balaban J connectivity index is 0.000000431. The van der Waals surface area contributed by atoms with Crippen LogP contribution in [0.2, 0.25) is 0 Å². The molecule has 340 valence electrons. The molecule has 0 fully saturated rings. The van der Waals surface area contributed by atoms with Crippen LogP contribution in [0.4, 0.5) is 0 Å². The molecule has 10 aromatic rings. The Kier molecular flexibility index (Phi) is 25.3. The molecule has 0 bridgehead atoms. The molecule has 0 saturated carbocycles. The van der Waals surface area contributed by atoms with Crippen molar-refractivity contribution in [3.63, 3.8) is 0 Å². The zero-order valence-electron chi connectivity index (χ0n) is 42.1. The summed E-state index contributed by atoms with van der Waals surface area (Å²) in [5.74, 6) is 1.98. The van der Waals surface area contributed by atoms with Crippen molar-refractivity contribution in [3.8, 4) is 39.9 Å². The summed E-state index contributed by atoms with van der Waals surface area (Å²) in [6.07, 6.45) is 0. The maximum absolute atomic E-state index is 4.86. The van der Waals surface area contributed by atoms with Gasteiger partial charge in [0.1, 0.15) is 0 Å². The molecule has 3 heterocycles. The van der Waals surface area contributed by atoms with Crippen LogP contribution in [0, 0.1) is 0 Å². The quantitative estimate of drug-likeness (QED) is 0.177. The van der Waals surface area contributed by atoms with Crippen LogP contribution in [-0.4, -0.2) is 24.1 Å². The number of fused-ring (bicyclic) bond motifs is 6. The van der Waals surface area contributed by atoms with Crippen molar-refractivity contribution in [2.75, 3.05) is 0 Å². The van der Waals surface area contributed by atoms with Gasteiger partial charge in [0, 0.05) is 62.0 Å². The van der Waals surface area contributed by atoms with Crippen LogP contribution in [0.25, 0.3) is 83.5 Å². The number of hydrogen-bond donors (Lipinski definition) is 0. The summed E-state index contributed by atoms with van der Waals surface area (Å²) in [6.45, 7) is 28.0. The Morgan fingerprint density at radius 1 is 0.262 bits per heavy atom.